The van der Waals surface area contributed by atoms with Crippen molar-refractivity contribution in [3.63, 3.8) is 0 Å². The Morgan fingerprint density at radius 1 is 1.33 bits per heavy atom. The fourth-order valence-corrected chi connectivity index (χ4v) is 9.18. The monoisotopic (exact) mass is 364 g/mol. The summed E-state index contributed by atoms with van der Waals surface area (Å²) in [7, 11) is -6.27. The Morgan fingerprint density at radius 2 is 1.81 bits per heavy atom. The molecule has 2 atom stereocenters. The first-order chi connectivity index (χ1) is 9.24. The van der Waals surface area contributed by atoms with E-state index in [4.69, 9.17) is 13.0 Å². The Kier molecular flexibility index (Phi) is 8.03. The number of alkyl halides is 3. The van der Waals surface area contributed by atoms with Gasteiger partial charge in [-0.1, -0.05) is 25.7 Å². The zero-order valence-electron chi connectivity index (χ0n) is 12.7. The van der Waals surface area contributed by atoms with Gasteiger partial charge in [0.2, 0.25) is 0 Å². The molecule has 9 heteroatoms. The third-order valence-electron chi connectivity index (χ3n) is 2.67. The second-order valence-electron chi connectivity index (χ2n) is 6.19. The lowest BCUT2D eigenvalue weighted by Crippen LogP contribution is -2.36. The van der Waals surface area contributed by atoms with Crippen molar-refractivity contribution >= 4 is 29.1 Å². The maximum absolute atomic E-state index is 10.7. The van der Waals surface area contributed by atoms with Crippen LogP contribution in [-0.2, 0) is 21.0 Å². The highest BCUT2D eigenvalue weighted by molar-refractivity contribution is 7.98. The normalized spacial score (nSPS) is 21.4. The van der Waals surface area contributed by atoms with Crippen LogP contribution in [0.15, 0.2) is 12.2 Å². The third kappa shape index (κ3) is 9.59. The highest BCUT2D eigenvalue weighted by atomic mass is 32.2. The van der Waals surface area contributed by atoms with Gasteiger partial charge in [-0.15, -0.1) is 0 Å². The van der Waals surface area contributed by atoms with Crippen LogP contribution in [0.5, 0.6) is 0 Å². The summed E-state index contributed by atoms with van der Waals surface area (Å²) in [5, 5.41) is 2.43. The minimum Gasteiger partial charge on any atom is -0.741 e. The minimum absolute atomic E-state index is 0.649. The van der Waals surface area contributed by atoms with E-state index in [-0.39, 0.29) is 0 Å². The highest BCUT2D eigenvalue weighted by Gasteiger charge is 2.37. The van der Waals surface area contributed by atoms with Gasteiger partial charge in [0.05, 0.1) is 11.6 Å². The van der Waals surface area contributed by atoms with Crippen molar-refractivity contribution in [2.45, 2.75) is 49.7 Å². The molecule has 1 rings (SSSR count). The van der Waals surface area contributed by atoms with E-state index in [1.807, 2.05) is 0 Å². The molecule has 0 aliphatic heterocycles. The molecule has 1 aliphatic carbocycles. The van der Waals surface area contributed by atoms with Gasteiger partial charge in [-0.3, -0.25) is 0 Å². The maximum atomic E-state index is 10.7. The molecule has 126 valence electrons. The van der Waals surface area contributed by atoms with Crippen LogP contribution in [0.25, 0.3) is 0 Å². The average Bonchev–Trinajstić information content (AvgIpc) is 2.26. The van der Waals surface area contributed by atoms with E-state index in [0.717, 1.165) is 5.25 Å². The molecule has 0 spiro atoms. The Hall–Kier alpha value is 0.00688. The second kappa shape index (κ2) is 8.03. The van der Waals surface area contributed by atoms with Crippen LogP contribution in [0.2, 0.25) is 19.6 Å². The molecular weight excluding hydrogens is 341 g/mol. The molecule has 0 fully saturated rings. The Labute approximate surface area is 129 Å². The summed E-state index contributed by atoms with van der Waals surface area (Å²) < 4.78 is 58.9. The van der Waals surface area contributed by atoms with Crippen LogP contribution in [-0.4, -0.2) is 43.4 Å². The Morgan fingerprint density at radius 3 is 2.10 bits per heavy atom. The topological polar surface area (TPSA) is 57.2 Å². The fourth-order valence-electron chi connectivity index (χ4n) is 1.91. The Balaban J connectivity index is 0.000000433. The van der Waals surface area contributed by atoms with Gasteiger partial charge >= 0.3 is 5.51 Å². The van der Waals surface area contributed by atoms with Crippen LogP contribution in [0.4, 0.5) is 13.2 Å². The molecule has 0 saturated carbocycles. The quantitative estimate of drug-likeness (QED) is 0.254. The van der Waals surface area contributed by atoms with E-state index in [1.165, 1.54) is 24.6 Å². The van der Waals surface area contributed by atoms with Gasteiger partial charge in [0.15, 0.2) is 10.1 Å². The number of hydrogen-bond donors (Lipinski definition) is 0. The van der Waals surface area contributed by atoms with E-state index >= 15 is 0 Å². The largest absolute Gasteiger partial charge is 0.741 e. The summed E-state index contributed by atoms with van der Waals surface area (Å²) in [6.45, 7) is 7.47. The van der Waals surface area contributed by atoms with Gasteiger partial charge < -0.3 is 4.55 Å². The van der Waals surface area contributed by atoms with Gasteiger partial charge in [-0.2, -0.15) is 13.2 Å². The summed E-state index contributed by atoms with van der Waals surface area (Å²) >= 11 is 0. The zero-order valence-corrected chi connectivity index (χ0v) is 15.4. The van der Waals surface area contributed by atoms with Gasteiger partial charge in [0.1, 0.15) is 13.3 Å². The molecule has 3 nitrogen and oxygen atoms in total. The number of rotatable bonds is 3. The Bertz CT molecular complexity index is 442. The van der Waals surface area contributed by atoms with Crippen LogP contribution in [0.3, 0.4) is 0 Å². The van der Waals surface area contributed by atoms with Gasteiger partial charge in [-0.05, 0) is 36.2 Å². The van der Waals surface area contributed by atoms with E-state index in [2.05, 4.69) is 38.0 Å². The van der Waals surface area contributed by atoms with Crippen molar-refractivity contribution in [1.29, 1.82) is 0 Å². The first kappa shape index (κ1) is 21.0. The summed E-state index contributed by atoms with van der Waals surface area (Å²) in [4.78, 5) is 0. The summed E-state index contributed by atoms with van der Waals surface area (Å²) in [5.74, 6) is 0. The fraction of sp³-hybridized carbons (Fsp3) is 0.833. The lowest BCUT2D eigenvalue weighted by molar-refractivity contribution is -0.0517. The van der Waals surface area contributed by atoms with Crippen LogP contribution < -0.4 is 0 Å². The van der Waals surface area contributed by atoms with Gasteiger partial charge in [-0.25, -0.2) is 8.42 Å². The first-order valence-electron chi connectivity index (χ1n) is 6.54. The lowest BCUT2D eigenvalue weighted by Gasteiger charge is -2.21. The van der Waals surface area contributed by atoms with Crippen molar-refractivity contribution in [2.75, 3.05) is 11.6 Å². The molecule has 0 amide bonds. The standard InChI is InChI=1S/C11H23SSi.CHF3O3S/c1-12(10-13(2,3)4)11-8-6-5-7-9-11;2-1(3,4)8(5,6)7/h6,8,11H,5,7,9-10H2,1-4H3;(H,5,6,7)/q+1;/p-1. The molecule has 0 aromatic heterocycles. The molecule has 21 heavy (non-hydrogen) atoms. The van der Waals surface area contributed by atoms with E-state index < -0.39 is 23.7 Å². The summed E-state index contributed by atoms with van der Waals surface area (Å²) in [6.07, 6.45) is 11.5. The maximum Gasteiger partial charge on any atom is 0.485 e. The summed E-state index contributed by atoms with van der Waals surface area (Å²) in [6, 6.07) is 0. The number of allylic oxidation sites excluding steroid dienone is 1. The molecule has 0 N–H and O–H groups in total. The smallest absolute Gasteiger partial charge is 0.485 e. The first-order valence-corrected chi connectivity index (χ1v) is 13.5. The van der Waals surface area contributed by atoms with E-state index in [9.17, 15) is 13.2 Å². The van der Waals surface area contributed by atoms with E-state index in [0.29, 0.717) is 10.9 Å². The molecule has 0 radical (unpaired) electrons. The van der Waals surface area contributed by atoms with Gasteiger partial charge in [0, 0.05) is 0 Å². The van der Waals surface area contributed by atoms with Crippen molar-refractivity contribution in [2.24, 2.45) is 0 Å². The molecule has 2 unspecified atom stereocenters. The lowest BCUT2D eigenvalue weighted by atomic mass is 10.1. The summed E-state index contributed by atoms with van der Waals surface area (Å²) in [5.41, 5.74) is -5.65. The van der Waals surface area contributed by atoms with Crippen molar-refractivity contribution in [3.05, 3.63) is 12.2 Å². The number of halogens is 3. The van der Waals surface area contributed by atoms with Crippen molar-refractivity contribution in [3.8, 4) is 0 Å². The van der Waals surface area contributed by atoms with E-state index in [1.54, 1.807) is 0 Å². The van der Waals surface area contributed by atoms with Crippen LogP contribution in [0.1, 0.15) is 19.3 Å². The molecule has 0 aromatic rings. The third-order valence-corrected chi connectivity index (χ3v) is 9.95. The van der Waals surface area contributed by atoms with Crippen molar-refractivity contribution < 1.29 is 26.1 Å². The molecule has 0 heterocycles. The number of hydrogen-bond acceptors (Lipinski definition) is 3. The minimum atomic E-state index is -6.09. The zero-order chi connectivity index (χ0) is 16.9. The second-order valence-corrected chi connectivity index (χ2v) is 15.8. The molecule has 1 aliphatic rings. The van der Waals surface area contributed by atoms with Crippen LogP contribution >= 0.6 is 0 Å². The average molecular weight is 365 g/mol. The van der Waals surface area contributed by atoms with Crippen LogP contribution in [0, 0.1) is 0 Å². The van der Waals surface area contributed by atoms with Crippen molar-refractivity contribution in [1.82, 2.24) is 0 Å². The van der Waals surface area contributed by atoms with Gasteiger partial charge in [0.25, 0.3) is 0 Å². The molecule has 0 saturated heterocycles. The predicted molar refractivity (Wildman–Crippen MR) is 84.0 cm³/mol. The highest BCUT2D eigenvalue weighted by Crippen LogP contribution is 2.21. The molecular formula is C12H23F3O3S2Si. The SMILES string of the molecule is C[S+](C[Si](C)(C)C)C1C=CCCC1.O=S(=O)([O-])C(F)(F)F. The predicted octanol–water partition coefficient (Wildman–Crippen LogP) is 3.27. The molecule has 0 aromatic carbocycles. The molecule has 0 bridgehead atoms.